The summed E-state index contributed by atoms with van der Waals surface area (Å²) in [6.07, 6.45) is 4.43. The average Bonchev–Trinajstić information content (AvgIpc) is 2.53. The molecule has 0 spiro atoms. The minimum Gasteiger partial charge on any atom is -0.395 e. The van der Waals surface area contributed by atoms with Crippen LogP contribution in [0.15, 0.2) is 0 Å². The molecule has 1 saturated heterocycles. The van der Waals surface area contributed by atoms with Gasteiger partial charge in [-0.15, -0.1) is 0 Å². The molecule has 1 heterocycles. The van der Waals surface area contributed by atoms with Crippen LogP contribution < -0.4 is 5.32 Å². The lowest BCUT2D eigenvalue weighted by atomic mass is 10.1. The highest BCUT2D eigenvalue weighted by Gasteiger charge is 2.23. The van der Waals surface area contributed by atoms with Crippen LogP contribution in [0.3, 0.4) is 0 Å². The lowest BCUT2D eigenvalue weighted by molar-refractivity contribution is -0.133. The van der Waals surface area contributed by atoms with E-state index in [4.69, 9.17) is 5.11 Å². The molecule has 88 valence electrons. The van der Waals surface area contributed by atoms with E-state index in [0.29, 0.717) is 13.1 Å². The van der Waals surface area contributed by atoms with Crippen molar-refractivity contribution in [3.63, 3.8) is 0 Å². The van der Waals surface area contributed by atoms with Gasteiger partial charge in [-0.25, -0.2) is 0 Å². The zero-order chi connectivity index (χ0) is 11.1. The molecule has 4 nitrogen and oxygen atoms in total. The SMILES string of the molecule is CCN(CCO)C(=O)C1CCCCCN1. The molecule has 0 aliphatic carbocycles. The lowest BCUT2D eigenvalue weighted by Crippen LogP contribution is -2.47. The van der Waals surface area contributed by atoms with Gasteiger partial charge < -0.3 is 15.3 Å². The van der Waals surface area contributed by atoms with Crippen molar-refractivity contribution >= 4 is 5.91 Å². The predicted molar refractivity (Wildman–Crippen MR) is 59.6 cm³/mol. The standard InChI is InChI=1S/C11H22N2O2/c1-2-13(8-9-14)11(15)10-6-4-3-5-7-12-10/h10,12,14H,2-9H2,1H3. The van der Waals surface area contributed by atoms with Crippen molar-refractivity contribution in [3.05, 3.63) is 0 Å². The van der Waals surface area contributed by atoms with Crippen LogP contribution in [0.5, 0.6) is 0 Å². The van der Waals surface area contributed by atoms with Gasteiger partial charge in [0.15, 0.2) is 0 Å². The Balaban J connectivity index is 2.47. The van der Waals surface area contributed by atoms with E-state index in [2.05, 4.69) is 5.32 Å². The summed E-state index contributed by atoms with van der Waals surface area (Å²) in [4.78, 5) is 13.7. The number of carbonyl (C=O) groups excluding carboxylic acids is 1. The molecule has 0 aromatic rings. The van der Waals surface area contributed by atoms with Crippen molar-refractivity contribution < 1.29 is 9.90 Å². The molecule has 1 fully saturated rings. The highest BCUT2D eigenvalue weighted by Crippen LogP contribution is 2.10. The van der Waals surface area contributed by atoms with E-state index in [1.165, 1.54) is 6.42 Å². The smallest absolute Gasteiger partial charge is 0.239 e. The molecule has 1 amide bonds. The maximum Gasteiger partial charge on any atom is 0.239 e. The Morgan fingerprint density at radius 2 is 2.27 bits per heavy atom. The number of nitrogens with one attached hydrogen (secondary N) is 1. The van der Waals surface area contributed by atoms with Crippen molar-refractivity contribution in [3.8, 4) is 0 Å². The highest BCUT2D eigenvalue weighted by atomic mass is 16.3. The molecule has 4 heteroatoms. The number of likely N-dealkylation sites (N-methyl/N-ethyl adjacent to an activating group) is 1. The minimum atomic E-state index is -0.0287. The summed E-state index contributed by atoms with van der Waals surface area (Å²) in [6.45, 7) is 4.06. The number of nitrogens with zero attached hydrogens (tertiary/aromatic N) is 1. The summed E-state index contributed by atoms with van der Waals surface area (Å²) < 4.78 is 0. The summed E-state index contributed by atoms with van der Waals surface area (Å²) in [5.41, 5.74) is 0. The van der Waals surface area contributed by atoms with Crippen LogP contribution in [0.25, 0.3) is 0 Å². The molecule has 0 aromatic carbocycles. The van der Waals surface area contributed by atoms with Crippen LogP contribution in [-0.2, 0) is 4.79 Å². The second kappa shape index (κ2) is 6.80. The van der Waals surface area contributed by atoms with Crippen molar-refractivity contribution in [2.75, 3.05) is 26.2 Å². The van der Waals surface area contributed by atoms with E-state index in [0.717, 1.165) is 25.8 Å². The zero-order valence-corrected chi connectivity index (χ0v) is 9.54. The molecule has 15 heavy (non-hydrogen) atoms. The van der Waals surface area contributed by atoms with Gasteiger partial charge in [0.1, 0.15) is 0 Å². The Hall–Kier alpha value is -0.610. The highest BCUT2D eigenvalue weighted by molar-refractivity contribution is 5.81. The van der Waals surface area contributed by atoms with Gasteiger partial charge in [0.2, 0.25) is 5.91 Å². The molecule has 0 saturated carbocycles. The van der Waals surface area contributed by atoms with E-state index in [1.54, 1.807) is 4.90 Å². The van der Waals surface area contributed by atoms with Crippen LogP contribution in [0.4, 0.5) is 0 Å². The molecule has 2 N–H and O–H groups in total. The fourth-order valence-corrected chi connectivity index (χ4v) is 2.00. The molecule has 0 aromatic heterocycles. The lowest BCUT2D eigenvalue weighted by Gasteiger charge is -2.25. The Morgan fingerprint density at radius 1 is 1.47 bits per heavy atom. The van der Waals surface area contributed by atoms with Gasteiger partial charge in [0.05, 0.1) is 12.6 Å². The van der Waals surface area contributed by atoms with Crippen molar-refractivity contribution in [2.24, 2.45) is 0 Å². The quantitative estimate of drug-likeness (QED) is 0.710. The van der Waals surface area contributed by atoms with Crippen molar-refractivity contribution in [1.29, 1.82) is 0 Å². The fourth-order valence-electron chi connectivity index (χ4n) is 2.00. The van der Waals surface area contributed by atoms with E-state index < -0.39 is 0 Å². The van der Waals surface area contributed by atoms with Crippen LogP contribution in [0.1, 0.15) is 32.6 Å². The third kappa shape index (κ3) is 3.80. The van der Waals surface area contributed by atoms with Gasteiger partial charge in [0.25, 0.3) is 0 Å². The molecule has 1 atom stereocenters. The number of aliphatic hydroxyl groups is 1. The van der Waals surface area contributed by atoms with Gasteiger partial charge in [0, 0.05) is 13.1 Å². The number of hydrogen-bond acceptors (Lipinski definition) is 3. The molecular formula is C11H22N2O2. The maximum atomic E-state index is 12.0. The van der Waals surface area contributed by atoms with Crippen LogP contribution in [0.2, 0.25) is 0 Å². The summed E-state index contributed by atoms with van der Waals surface area (Å²) in [6, 6.07) is -0.0287. The summed E-state index contributed by atoms with van der Waals surface area (Å²) in [7, 11) is 0. The predicted octanol–water partition coefficient (Wildman–Crippen LogP) is 0.359. The Kier molecular flexibility index (Phi) is 5.65. The Morgan fingerprint density at radius 3 is 2.93 bits per heavy atom. The van der Waals surface area contributed by atoms with E-state index in [-0.39, 0.29) is 18.6 Å². The van der Waals surface area contributed by atoms with Gasteiger partial charge in [-0.3, -0.25) is 4.79 Å². The first-order chi connectivity index (χ1) is 7.29. The Bertz CT molecular complexity index is 189. The summed E-state index contributed by atoms with van der Waals surface area (Å²) in [5, 5.41) is 12.1. The van der Waals surface area contributed by atoms with Crippen molar-refractivity contribution in [2.45, 2.75) is 38.6 Å². The van der Waals surface area contributed by atoms with E-state index >= 15 is 0 Å². The maximum absolute atomic E-state index is 12.0. The average molecular weight is 214 g/mol. The molecule has 1 aliphatic heterocycles. The number of amides is 1. The first-order valence-corrected chi connectivity index (χ1v) is 5.92. The molecule has 1 unspecified atom stereocenters. The molecule has 0 radical (unpaired) electrons. The van der Waals surface area contributed by atoms with Crippen LogP contribution >= 0.6 is 0 Å². The van der Waals surface area contributed by atoms with Crippen molar-refractivity contribution in [1.82, 2.24) is 10.2 Å². The summed E-state index contributed by atoms with van der Waals surface area (Å²) in [5.74, 6) is 0.147. The third-order valence-corrected chi connectivity index (χ3v) is 2.92. The van der Waals surface area contributed by atoms with Gasteiger partial charge in [-0.05, 0) is 26.3 Å². The van der Waals surface area contributed by atoms with Crippen LogP contribution in [-0.4, -0.2) is 48.2 Å². The normalized spacial score (nSPS) is 22.1. The first-order valence-electron chi connectivity index (χ1n) is 5.92. The number of aliphatic hydroxyl groups excluding tert-OH is 1. The summed E-state index contributed by atoms with van der Waals surface area (Å²) >= 11 is 0. The van der Waals surface area contributed by atoms with Crippen LogP contribution in [0, 0.1) is 0 Å². The topological polar surface area (TPSA) is 52.6 Å². The second-order valence-electron chi connectivity index (χ2n) is 4.00. The molecule has 1 aliphatic rings. The zero-order valence-electron chi connectivity index (χ0n) is 9.54. The van der Waals surface area contributed by atoms with Gasteiger partial charge in [-0.1, -0.05) is 12.8 Å². The monoisotopic (exact) mass is 214 g/mol. The second-order valence-corrected chi connectivity index (χ2v) is 4.00. The number of carbonyl (C=O) groups is 1. The molecule has 1 rings (SSSR count). The van der Waals surface area contributed by atoms with Gasteiger partial charge in [-0.2, -0.15) is 0 Å². The molecule has 0 bridgehead atoms. The minimum absolute atomic E-state index is 0.0287. The largest absolute Gasteiger partial charge is 0.395 e. The van der Waals surface area contributed by atoms with E-state index in [1.807, 2.05) is 6.92 Å². The Labute approximate surface area is 91.6 Å². The third-order valence-electron chi connectivity index (χ3n) is 2.92. The fraction of sp³-hybridized carbons (Fsp3) is 0.909. The number of rotatable bonds is 4. The molecular weight excluding hydrogens is 192 g/mol. The van der Waals surface area contributed by atoms with Gasteiger partial charge >= 0.3 is 0 Å². The van der Waals surface area contributed by atoms with E-state index in [9.17, 15) is 4.79 Å². The first kappa shape index (κ1) is 12.5. The number of hydrogen-bond donors (Lipinski definition) is 2.